The van der Waals surface area contributed by atoms with E-state index in [0.717, 1.165) is 56.1 Å². The van der Waals surface area contributed by atoms with Crippen LogP contribution in [-0.4, -0.2) is 58.5 Å². The van der Waals surface area contributed by atoms with Gasteiger partial charge in [-0.15, -0.1) is 0 Å². The fourth-order valence-electron chi connectivity index (χ4n) is 3.69. The van der Waals surface area contributed by atoms with Gasteiger partial charge in [-0.1, -0.05) is 12.1 Å². The van der Waals surface area contributed by atoms with Crippen LogP contribution in [0.1, 0.15) is 22.3 Å². The smallest absolute Gasteiger partial charge is 0.253 e. The van der Waals surface area contributed by atoms with Gasteiger partial charge in [0.25, 0.3) is 5.91 Å². The third-order valence-electron chi connectivity index (χ3n) is 5.36. The highest BCUT2D eigenvalue weighted by atomic mass is 16.5. The first kappa shape index (κ1) is 19.2. The molecule has 2 aromatic carbocycles. The summed E-state index contributed by atoms with van der Waals surface area (Å²) in [4.78, 5) is 21.4. The lowest BCUT2D eigenvalue weighted by atomic mass is 10.1. The van der Waals surface area contributed by atoms with Crippen molar-refractivity contribution in [1.29, 1.82) is 0 Å². The molecule has 0 unspecified atom stereocenters. The van der Waals surface area contributed by atoms with Gasteiger partial charge in [-0.25, -0.2) is 4.98 Å². The molecule has 1 aliphatic rings. The minimum atomic E-state index is 0.105. The Morgan fingerprint density at radius 1 is 1.00 bits per heavy atom. The summed E-state index contributed by atoms with van der Waals surface area (Å²) in [5.41, 5.74) is 3.00. The van der Waals surface area contributed by atoms with Crippen molar-refractivity contribution in [2.24, 2.45) is 0 Å². The van der Waals surface area contributed by atoms with Gasteiger partial charge in [0.2, 0.25) is 0 Å². The summed E-state index contributed by atoms with van der Waals surface area (Å²) in [7, 11) is 1.68. The molecule has 0 aliphatic carbocycles. The fourth-order valence-corrected chi connectivity index (χ4v) is 3.69. The van der Waals surface area contributed by atoms with Crippen molar-refractivity contribution >= 4 is 5.91 Å². The molecule has 150 valence electrons. The first-order valence-corrected chi connectivity index (χ1v) is 9.96. The van der Waals surface area contributed by atoms with E-state index >= 15 is 0 Å². The molecule has 1 amide bonds. The van der Waals surface area contributed by atoms with E-state index < -0.39 is 0 Å². The lowest BCUT2D eigenvalue weighted by Gasteiger charge is -2.22. The van der Waals surface area contributed by atoms with Crippen LogP contribution < -0.4 is 4.74 Å². The monoisotopic (exact) mass is 390 g/mol. The van der Waals surface area contributed by atoms with Crippen molar-refractivity contribution in [3.05, 3.63) is 78.4 Å². The largest absolute Gasteiger partial charge is 0.497 e. The Hall–Kier alpha value is -3.12. The molecule has 1 aliphatic heterocycles. The van der Waals surface area contributed by atoms with Crippen LogP contribution in [0.25, 0.3) is 5.69 Å². The zero-order chi connectivity index (χ0) is 20.1. The maximum Gasteiger partial charge on any atom is 0.253 e. The molecule has 1 saturated heterocycles. The molecule has 0 N–H and O–H groups in total. The number of carbonyl (C=O) groups excluding carboxylic acids is 1. The molecule has 0 saturated carbocycles. The van der Waals surface area contributed by atoms with E-state index in [9.17, 15) is 4.79 Å². The number of aromatic nitrogens is 2. The molecule has 0 spiro atoms. The summed E-state index contributed by atoms with van der Waals surface area (Å²) < 4.78 is 7.16. The Labute approximate surface area is 171 Å². The molecule has 29 heavy (non-hydrogen) atoms. The average molecular weight is 390 g/mol. The minimum absolute atomic E-state index is 0.105. The van der Waals surface area contributed by atoms with Gasteiger partial charge in [-0.05, 0) is 48.4 Å². The summed E-state index contributed by atoms with van der Waals surface area (Å²) in [5.74, 6) is 0.980. The Morgan fingerprint density at radius 3 is 2.48 bits per heavy atom. The maximum absolute atomic E-state index is 13.0. The van der Waals surface area contributed by atoms with Gasteiger partial charge in [-0.3, -0.25) is 9.69 Å². The van der Waals surface area contributed by atoms with Crippen molar-refractivity contribution < 1.29 is 9.53 Å². The number of ether oxygens (including phenoxy) is 1. The number of hydrogen-bond acceptors (Lipinski definition) is 4. The van der Waals surface area contributed by atoms with Gasteiger partial charge in [0.05, 0.1) is 13.4 Å². The molecule has 4 rings (SSSR count). The number of rotatable bonds is 5. The number of imidazole rings is 1. The zero-order valence-electron chi connectivity index (χ0n) is 16.7. The van der Waals surface area contributed by atoms with E-state index in [2.05, 4.69) is 22.0 Å². The van der Waals surface area contributed by atoms with Crippen LogP contribution in [-0.2, 0) is 6.54 Å². The second kappa shape index (κ2) is 8.92. The Kier molecular flexibility index (Phi) is 5.91. The normalized spacial score (nSPS) is 15.1. The number of methoxy groups -OCH3 is 1. The summed E-state index contributed by atoms with van der Waals surface area (Å²) in [6, 6.07) is 15.9. The van der Waals surface area contributed by atoms with E-state index in [4.69, 9.17) is 4.74 Å². The first-order valence-electron chi connectivity index (χ1n) is 9.96. The Balaban J connectivity index is 1.35. The molecule has 6 heteroatoms. The summed E-state index contributed by atoms with van der Waals surface area (Å²) in [6.45, 7) is 4.31. The maximum atomic E-state index is 13.0. The number of nitrogens with zero attached hydrogens (tertiary/aromatic N) is 4. The van der Waals surface area contributed by atoms with Crippen molar-refractivity contribution in [3.8, 4) is 11.4 Å². The number of hydrogen-bond donors (Lipinski definition) is 0. The van der Waals surface area contributed by atoms with Crippen LogP contribution in [0.15, 0.2) is 67.3 Å². The van der Waals surface area contributed by atoms with Gasteiger partial charge in [0.15, 0.2) is 0 Å². The van der Waals surface area contributed by atoms with Crippen LogP contribution in [0.5, 0.6) is 5.75 Å². The third-order valence-corrected chi connectivity index (χ3v) is 5.36. The minimum Gasteiger partial charge on any atom is -0.497 e. The molecule has 0 radical (unpaired) electrons. The predicted octanol–water partition coefficient (Wildman–Crippen LogP) is 3.23. The van der Waals surface area contributed by atoms with Crippen molar-refractivity contribution in [3.63, 3.8) is 0 Å². The summed E-state index contributed by atoms with van der Waals surface area (Å²) in [5, 5.41) is 0. The highest BCUT2D eigenvalue weighted by Crippen LogP contribution is 2.16. The molecule has 1 fully saturated rings. The Morgan fingerprint density at radius 2 is 1.79 bits per heavy atom. The van der Waals surface area contributed by atoms with Crippen molar-refractivity contribution in [2.45, 2.75) is 13.0 Å². The van der Waals surface area contributed by atoms with E-state index in [0.29, 0.717) is 0 Å². The fraction of sp³-hybridized carbons (Fsp3) is 0.304. The van der Waals surface area contributed by atoms with E-state index in [-0.39, 0.29) is 5.91 Å². The number of benzene rings is 2. The summed E-state index contributed by atoms with van der Waals surface area (Å²) in [6.07, 6.45) is 6.37. The van der Waals surface area contributed by atoms with Crippen LogP contribution >= 0.6 is 0 Å². The van der Waals surface area contributed by atoms with E-state index in [1.54, 1.807) is 19.6 Å². The number of amides is 1. The molecular weight excluding hydrogens is 364 g/mol. The van der Waals surface area contributed by atoms with Crippen LogP contribution in [0.4, 0.5) is 0 Å². The molecule has 3 aromatic rings. The standard InChI is InChI=1S/C23H26N4O2/c1-29-22-9-3-19(4-10-22)17-25-12-2-13-26(16-15-25)23(28)20-5-7-21(8-6-20)27-14-11-24-18-27/h3-11,14,18H,2,12-13,15-17H2,1H3. The second-order valence-corrected chi connectivity index (χ2v) is 7.29. The van der Waals surface area contributed by atoms with Gasteiger partial charge in [0.1, 0.15) is 5.75 Å². The first-order chi connectivity index (χ1) is 14.2. The quantitative estimate of drug-likeness (QED) is 0.671. The van der Waals surface area contributed by atoms with Crippen molar-refractivity contribution in [2.75, 3.05) is 33.3 Å². The average Bonchev–Trinajstić information content (AvgIpc) is 3.21. The molecular formula is C23H26N4O2. The van der Waals surface area contributed by atoms with Gasteiger partial charge >= 0.3 is 0 Å². The van der Waals surface area contributed by atoms with Gasteiger partial charge in [0, 0.05) is 56.4 Å². The van der Waals surface area contributed by atoms with Gasteiger partial charge in [-0.2, -0.15) is 0 Å². The molecule has 6 nitrogen and oxygen atoms in total. The lowest BCUT2D eigenvalue weighted by molar-refractivity contribution is 0.0761. The highest BCUT2D eigenvalue weighted by Gasteiger charge is 2.20. The SMILES string of the molecule is COc1ccc(CN2CCCN(C(=O)c3ccc(-n4ccnc4)cc3)CC2)cc1. The van der Waals surface area contributed by atoms with E-state index in [1.807, 2.05) is 52.1 Å². The third kappa shape index (κ3) is 4.66. The topological polar surface area (TPSA) is 50.6 Å². The molecule has 0 bridgehead atoms. The van der Waals surface area contributed by atoms with Crippen LogP contribution in [0.3, 0.4) is 0 Å². The zero-order valence-corrected chi connectivity index (χ0v) is 16.7. The molecule has 0 atom stereocenters. The van der Waals surface area contributed by atoms with Crippen LogP contribution in [0.2, 0.25) is 0 Å². The predicted molar refractivity (Wildman–Crippen MR) is 112 cm³/mol. The molecule has 2 heterocycles. The van der Waals surface area contributed by atoms with Crippen LogP contribution in [0, 0.1) is 0 Å². The van der Waals surface area contributed by atoms with Crippen molar-refractivity contribution in [1.82, 2.24) is 19.4 Å². The summed E-state index contributed by atoms with van der Waals surface area (Å²) >= 11 is 0. The Bertz CT molecular complexity index is 921. The number of carbonyl (C=O) groups is 1. The second-order valence-electron chi connectivity index (χ2n) is 7.29. The van der Waals surface area contributed by atoms with E-state index in [1.165, 1.54) is 5.56 Å². The highest BCUT2D eigenvalue weighted by molar-refractivity contribution is 5.94. The lowest BCUT2D eigenvalue weighted by Crippen LogP contribution is -2.35. The molecule has 1 aromatic heterocycles. The van der Waals surface area contributed by atoms with Gasteiger partial charge < -0.3 is 14.2 Å².